The zero-order valence-corrected chi connectivity index (χ0v) is 12.9. The zero-order chi connectivity index (χ0) is 15.4. The summed E-state index contributed by atoms with van der Waals surface area (Å²) in [4.78, 5) is 14.7. The number of hydrogen-bond acceptors (Lipinski definition) is 3. The first-order valence-corrected chi connectivity index (χ1v) is 7.63. The summed E-state index contributed by atoms with van der Waals surface area (Å²) in [6, 6.07) is 8.27. The van der Waals surface area contributed by atoms with Gasteiger partial charge in [0.1, 0.15) is 5.82 Å². The second kappa shape index (κ2) is 6.83. The molecule has 0 bridgehead atoms. The van der Waals surface area contributed by atoms with E-state index in [4.69, 9.17) is 0 Å². The van der Waals surface area contributed by atoms with Gasteiger partial charge >= 0.3 is 5.97 Å². The van der Waals surface area contributed by atoms with Gasteiger partial charge in [0.15, 0.2) is 0 Å². The third-order valence-electron chi connectivity index (χ3n) is 3.35. The molecule has 0 aliphatic heterocycles. The molecular formula is C16H18FNO2S. The Morgan fingerprint density at radius 1 is 1.33 bits per heavy atom. The number of benzene rings is 1. The highest BCUT2D eigenvalue weighted by atomic mass is 32.1. The maximum Gasteiger partial charge on any atom is 0.336 e. The van der Waals surface area contributed by atoms with E-state index >= 15 is 0 Å². The molecule has 1 aromatic heterocycles. The number of rotatable bonds is 6. The van der Waals surface area contributed by atoms with Gasteiger partial charge in [0.2, 0.25) is 0 Å². The second-order valence-corrected chi connectivity index (χ2v) is 6.22. The van der Waals surface area contributed by atoms with Crippen LogP contribution in [0.15, 0.2) is 35.7 Å². The third kappa shape index (κ3) is 4.12. The highest BCUT2D eigenvalue weighted by Crippen LogP contribution is 2.19. The normalized spacial score (nSPS) is 11.3. The van der Waals surface area contributed by atoms with Crippen LogP contribution in [-0.4, -0.2) is 22.0 Å². The Bertz CT molecular complexity index is 611. The van der Waals surface area contributed by atoms with Crippen molar-refractivity contribution in [3.8, 4) is 0 Å². The first-order chi connectivity index (χ1) is 9.97. The molecule has 2 rings (SSSR count). The molecule has 1 heterocycles. The molecule has 0 saturated carbocycles. The van der Waals surface area contributed by atoms with Crippen molar-refractivity contribution in [2.24, 2.45) is 0 Å². The first kappa shape index (κ1) is 15.7. The Hall–Kier alpha value is -1.72. The Morgan fingerprint density at radius 3 is 2.67 bits per heavy atom. The summed E-state index contributed by atoms with van der Waals surface area (Å²) in [6.45, 7) is 5.37. The number of carboxylic acid groups (broad SMARTS) is 1. The monoisotopic (exact) mass is 307 g/mol. The third-order valence-corrected chi connectivity index (χ3v) is 4.21. The van der Waals surface area contributed by atoms with E-state index < -0.39 is 11.8 Å². The fourth-order valence-corrected chi connectivity index (χ4v) is 2.86. The molecule has 2 aromatic rings. The van der Waals surface area contributed by atoms with Crippen LogP contribution in [0, 0.1) is 5.82 Å². The maximum atomic E-state index is 13.2. The van der Waals surface area contributed by atoms with E-state index in [0.717, 1.165) is 12.6 Å². The van der Waals surface area contributed by atoms with Gasteiger partial charge in [0, 0.05) is 24.0 Å². The van der Waals surface area contributed by atoms with Gasteiger partial charge < -0.3 is 5.11 Å². The standard InChI is InChI=1S/C16H18FNO2S/c1-11(2)18(10-14-4-3-7-21-14)9-12-5-6-13(17)8-15(12)16(19)20/h3-8,11H,9-10H2,1-2H3,(H,19,20). The lowest BCUT2D eigenvalue weighted by Crippen LogP contribution is -2.30. The predicted molar refractivity (Wildman–Crippen MR) is 82.1 cm³/mol. The molecule has 3 nitrogen and oxygen atoms in total. The van der Waals surface area contributed by atoms with Crippen LogP contribution in [0.25, 0.3) is 0 Å². The summed E-state index contributed by atoms with van der Waals surface area (Å²) in [5.74, 6) is -1.62. The average molecular weight is 307 g/mol. The number of nitrogens with zero attached hydrogens (tertiary/aromatic N) is 1. The summed E-state index contributed by atoms with van der Waals surface area (Å²) in [5.41, 5.74) is 0.668. The van der Waals surface area contributed by atoms with Gasteiger partial charge in [-0.3, -0.25) is 4.90 Å². The van der Waals surface area contributed by atoms with E-state index in [1.165, 1.54) is 10.9 Å². The molecular weight excluding hydrogens is 289 g/mol. The molecule has 0 fully saturated rings. The van der Waals surface area contributed by atoms with Crippen LogP contribution in [0.3, 0.4) is 0 Å². The Labute approximate surface area is 127 Å². The minimum absolute atomic E-state index is 0.0341. The Balaban J connectivity index is 2.22. The lowest BCUT2D eigenvalue weighted by atomic mass is 10.1. The van der Waals surface area contributed by atoms with Crippen molar-refractivity contribution in [3.63, 3.8) is 0 Å². The van der Waals surface area contributed by atoms with Crippen molar-refractivity contribution in [2.75, 3.05) is 0 Å². The van der Waals surface area contributed by atoms with Crippen LogP contribution < -0.4 is 0 Å². The van der Waals surface area contributed by atoms with Gasteiger partial charge in [0.25, 0.3) is 0 Å². The second-order valence-electron chi connectivity index (χ2n) is 5.18. The van der Waals surface area contributed by atoms with Gasteiger partial charge in [-0.2, -0.15) is 0 Å². The van der Waals surface area contributed by atoms with Gasteiger partial charge in [-0.15, -0.1) is 11.3 Å². The van der Waals surface area contributed by atoms with Gasteiger partial charge in [-0.25, -0.2) is 9.18 Å². The molecule has 21 heavy (non-hydrogen) atoms. The molecule has 0 aliphatic carbocycles. The van der Waals surface area contributed by atoms with E-state index in [0.29, 0.717) is 12.1 Å². The molecule has 5 heteroatoms. The smallest absolute Gasteiger partial charge is 0.336 e. The zero-order valence-electron chi connectivity index (χ0n) is 12.0. The van der Waals surface area contributed by atoms with Crippen molar-refractivity contribution in [3.05, 3.63) is 57.5 Å². The average Bonchev–Trinajstić information content (AvgIpc) is 2.92. The molecule has 0 atom stereocenters. The molecule has 1 N–H and O–H groups in total. The highest BCUT2D eigenvalue weighted by Gasteiger charge is 2.17. The van der Waals surface area contributed by atoms with Crippen LogP contribution in [-0.2, 0) is 13.1 Å². The molecule has 0 aliphatic rings. The number of carbonyl (C=O) groups is 1. The number of carboxylic acids is 1. The maximum absolute atomic E-state index is 13.2. The quantitative estimate of drug-likeness (QED) is 0.877. The van der Waals surface area contributed by atoms with E-state index in [1.807, 2.05) is 11.4 Å². The van der Waals surface area contributed by atoms with Crippen LogP contribution in [0.4, 0.5) is 4.39 Å². The SMILES string of the molecule is CC(C)N(Cc1cccs1)Cc1ccc(F)cc1C(=O)O. The molecule has 0 unspecified atom stereocenters. The van der Waals surface area contributed by atoms with Crippen molar-refractivity contribution < 1.29 is 14.3 Å². The largest absolute Gasteiger partial charge is 0.478 e. The van der Waals surface area contributed by atoms with Gasteiger partial charge in [-0.05, 0) is 43.0 Å². The van der Waals surface area contributed by atoms with Crippen molar-refractivity contribution in [1.82, 2.24) is 4.90 Å². The van der Waals surface area contributed by atoms with Crippen LogP contribution >= 0.6 is 11.3 Å². The summed E-state index contributed by atoms with van der Waals surface area (Å²) < 4.78 is 13.2. The lowest BCUT2D eigenvalue weighted by molar-refractivity contribution is 0.0693. The van der Waals surface area contributed by atoms with E-state index in [1.54, 1.807) is 17.4 Å². The summed E-state index contributed by atoms with van der Waals surface area (Å²) in [6.07, 6.45) is 0. The van der Waals surface area contributed by atoms with Gasteiger partial charge in [-0.1, -0.05) is 12.1 Å². The van der Waals surface area contributed by atoms with Crippen molar-refractivity contribution in [2.45, 2.75) is 33.0 Å². The van der Waals surface area contributed by atoms with Crippen LogP contribution in [0.5, 0.6) is 0 Å². The van der Waals surface area contributed by atoms with Crippen LogP contribution in [0.2, 0.25) is 0 Å². The number of halogens is 1. The lowest BCUT2D eigenvalue weighted by Gasteiger charge is -2.26. The summed E-state index contributed by atoms with van der Waals surface area (Å²) in [7, 11) is 0. The van der Waals surface area contributed by atoms with E-state index in [-0.39, 0.29) is 11.6 Å². The molecule has 112 valence electrons. The van der Waals surface area contributed by atoms with Crippen molar-refractivity contribution >= 4 is 17.3 Å². The highest BCUT2D eigenvalue weighted by molar-refractivity contribution is 7.09. The number of thiophene rings is 1. The predicted octanol–water partition coefficient (Wildman–Crippen LogP) is 4.00. The number of aromatic carboxylic acids is 1. The van der Waals surface area contributed by atoms with E-state index in [2.05, 4.69) is 24.8 Å². The molecule has 0 spiro atoms. The summed E-state index contributed by atoms with van der Waals surface area (Å²) >= 11 is 1.67. The minimum Gasteiger partial charge on any atom is -0.478 e. The molecule has 0 amide bonds. The molecule has 0 radical (unpaired) electrons. The Morgan fingerprint density at radius 2 is 2.10 bits per heavy atom. The Kier molecular flexibility index (Phi) is 5.09. The fourth-order valence-electron chi connectivity index (χ4n) is 2.13. The van der Waals surface area contributed by atoms with Crippen LogP contribution in [0.1, 0.15) is 34.6 Å². The van der Waals surface area contributed by atoms with Gasteiger partial charge in [0.05, 0.1) is 5.56 Å². The van der Waals surface area contributed by atoms with E-state index in [9.17, 15) is 14.3 Å². The topological polar surface area (TPSA) is 40.5 Å². The molecule has 0 saturated heterocycles. The fraction of sp³-hybridized carbons (Fsp3) is 0.312. The van der Waals surface area contributed by atoms with Crippen molar-refractivity contribution in [1.29, 1.82) is 0 Å². The molecule has 1 aromatic carbocycles. The minimum atomic E-state index is -1.09. The number of hydrogen-bond donors (Lipinski definition) is 1. The first-order valence-electron chi connectivity index (χ1n) is 6.75. The summed E-state index contributed by atoms with van der Waals surface area (Å²) in [5, 5.41) is 11.2.